The second-order valence-electron chi connectivity index (χ2n) is 8.00. The van der Waals surface area contributed by atoms with Crippen molar-refractivity contribution in [1.29, 1.82) is 0 Å². The van der Waals surface area contributed by atoms with E-state index in [-0.39, 0.29) is 11.9 Å². The molecular formula is C22H31N3O2S. The Morgan fingerprint density at radius 3 is 2.79 bits per heavy atom. The molecule has 1 saturated heterocycles. The zero-order valence-corrected chi connectivity index (χ0v) is 18.1. The van der Waals surface area contributed by atoms with Gasteiger partial charge in [0, 0.05) is 32.1 Å². The largest absolute Gasteiger partial charge is 0.497 e. The number of aromatic nitrogens is 1. The minimum absolute atomic E-state index is 0.0382. The zero-order valence-electron chi connectivity index (χ0n) is 17.3. The highest BCUT2D eigenvalue weighted by molar-refractivity contribution is 7.13. The maximum atomic E-state index is 12.7. The first-order valence-electron chi connectivity index (χ1n) is 10.1. The van der Waals surface area contributed by atoms with Gasteiger partial charge in [-0.15, -0.1) is 11.3 Å². The lowest BCUT2D eigenvalue weighted by Gasteiger charge is -2.32. The van der Waals surface area contributed by atoms with Gasteiger partial charge in [-0.2, -0.15) is 0 Å². The fraction of sp³-hybridized carbons (Fsp3) is 0.545. The molecule has 0 aliphatic carbocycles. The molecule has 0 spiro atoms. The number of carbonyl (C=O) groups is 1. The van der Waals surface area contributed by atoms with Crippen molar-refractivity contribution in [2.45, 2.75) is 52.6 Å². The maximum absolute atomic E-state index is 12.7. The van der Waals surface area contributed by atoms with Crippen LogP contribution in [-0.2, 0) is 13.0 Å². The number of hydrogen-bond donors (Lipinski definition) is 1. The van der Waals surface area contributed by atoms with E-state index in [1.165, 1.54) is 5.56 Å². The molecule has 0 unspecified atom stereocenters. The van der Waals surface area contributed by atoms with E-state index in [4.69, 9.17) is 4.74 Å². The second kappa shape index (κ2) is 9.52. The third-order valence-corrected chi connectivity index (χ3v) is 6.27. The van der Waals surface area contributed by atoms with Crippen LogP contribution in [0.5, 0.6) is 5.75 Å². The van der Waals surface area contributed by atoms with Gasteiger partial charge in [0.05, 0.1) is 17.8 Å². The number of carbonyl (C=O) groups excluding carboxylic acids is 1. The van der Waals surface area contributed by atoms with Crippen molar-refractivity contribution < 1.29 is 9.53 Å². The van der Waals surface area contributed by atoms with Gasteiger partial charge in [-0.3, -0.25) is 9.69 Å². The average Bonchev–Trinajstić information content (AvgIpc) is 3.03. The maximum Gasteiger partial charge on any atom is 0.263 e. The van der Waals surface area contributed by atoms with Crippen LogP contribution in [0.1, 0.15) is 52.6 Å². The van der Waals surface area contributed by atoms with Crippen molar-refractivity contribution in [3.05, 3.63) is 45.4 Å². The number of piperidine rings is 1. The molecule has 2 aromatic rings. The molecule has 6 heteroatoms. The second-order valence-corrected chi connectivity index (χ2v) is 9.08. The topological polar surface area (TPSA) is 54.5 Å². The van der Waals surface area contributed by atoms with Crippen molar-refractivity contribution in [2.24, 2.45) is 5.92 Å². The summed E-state index contributed by atoms with van der Waals surface area (Å²) >= 11 is 1.54. The van der Waals surface area contributed by atoms with Gasteiger partial charge in [0.1, 0.15) is 10.6 Å². The van der Waals surface area contributed by atoms with E-state index in [2.05, 4.69) is 41.2 Å². The SMILES string of the molecule is COc1cccc(CN2CCC(NC(=O)c3sc(CC(C)C)nc3C)CC2)c1. The minimum Gasteiger partial charge on any atom is -0.497 e. The number of likely N-dealkylation sites (tertiary alicyclic amines) is 1. The Bertz CT molecular complexity index is 795. The van der Waals surface area contributed by atoms with Crippen molar-refractivity contribution >= 4 is 17.2 Å². The predicted molar refractivity (Wildman–Crippen MR) is 114 cm³/mol. The summed E-state index contributed by atoms with van der Waals surface area (Å²) in [5, 5.41) is 4.29. The Morgan fingerprint density at radius 2 is 2.11 bits per heavy atom. The van der Waals surface area contributed by atoms with Gasteiger partial charge in [0.25, 0.3) is 5.91 Å². The Balaban J connectivity index is 1.50. The van der Waals surface area contributed by atoms with Gasteiger partial charge in [-0.05, 0) is 43.4 Å². The smallest absolute Gasteiger partial charge is 0.263 e. The van der Waals surface area contributed by atoms with Crippen LogP contribution in [0.2, 0.25) is 0 Å². The Kier molecular flexibility index (Phi) is 7.08. The van der Waals surface area contributed by atoms with Gasteiger partial charge >= 0.3 is 0 Å². The number of benzene rings is 1. The number of thiazole rings is 1. The summed E-state index contributed by atoms with van der Waals surface area (Å²) in [6.07, 6.45) is 2.89. The van der Waals surface area contributed by atoms with Gasteiger partial charge in [0.2, 0.25) is 0 Å². The van der Waals surface area contributed by atoms with E-state index in [9.17, 15) is 4.79 Å². The molecule has 1 aromatic heterocycles. The molecule has 3 rings (SSSR count). The van der Waals surface area contributed by atoms with E-state index in [1.54, 1.807) is 18.4 Å². The molecule has 1 N–H and O–H groups in total. The summed E-state index contributed by atoms with van der Waals surface area (Å²) < 4.78 is 5.31. The number of methoxy groups -OCH3 is 1. The zero-order chi connectivity index (χ0) is 20.1. The van der Waals surface area contributed by atoms with Crippen molar-refractivity contribution in [3.8, 4) is 5.75 Å². The van der Waals surface area contributed by atoms with Crippen molar-refractivity contribution in [3.63, 3.8) is 0 Å². The standard InChI is InChI=1S/C22H31N3O2S/c1-15(2)12-20-23-16(3)21(28-20)22(26)24-18-8-10-25(11-9-18)14-17-6-5-7-19(13-17)27-4/h5-7,13,15,18H,8-12,14H2,1-4H3,(H,24,26). The third kappa shape index (κ3) is 5.55. The molecule has 1 aromatic carbocycles. The lowest BCUT2D eigenvalue weighted by atomic mass is 10.0. The van der Waals surface area contributed by atoms with E-state index in [0.717, 1.165) is 60.2 Å². The number of amides is 1. The van der Waals surface area contributed by atoms with Crippen LogP contribution in [0.15, 0.2) is 24.3 Å². The molecule has 2 heterocycles. The van der Waals surface area contributed by atoms with Gasteiger partial charge in [-0.25, -0.2) is 4.98 Å². The molecule has 0 bridgehead atoms. The monoisotopic (exact) mass is 401 g/mol. The number of hydrogen-bond acceptors (Lipinski definition) is 5. The minimum atomic E-state index is 0.0382. The van der Waals surface area contributed by atoms with Gasteiger partial charge in [0.15, 0.2) is 0 Å². The lowest BCUT2D eigenvalue weighted by molar-refractivity contribution is 0.0912. The first-order valence-corrected chi connectivity index (χ1v) is 10.9. The summed E-state index contributed by atoms with van der Waals surface area (Å²) in [5.41, 5.74) is 2.12. The van der Waals surface area contributed by atoms with Crippen LogP contribution < -0.4 is 10.1 Å². The van der Waals surface area contributed by atoms with Gasteiger partial charge in [-0.1, -0.05) is 26.0 Å². The van der Waals surface area contributed by atoms with E-state index in [0.29, 0.717) is 5.92 Å². The van der Waals surface area contributed by atoms with Crippen LogP contribution in [0.25, 0.3) is 0 Å². The van der Waals surface area contributed by atoms with E-state index < -0.39 is 0 Å². The van der Waals surface area contributed by atoms with Crippen LogP contribution in [0.4, 0.5) is 0 Å². The lowest BCUT2D eigenvalue weighted by Crippen LogP contribution is -2.44. The third-order valence-electron chi connectivity index (χ3n) is 5.09. The molecule has 0 saturated carbocycles. The average molecular weight is 402 g/mol. The summed E-state index contributed by atoms with van der Waals surface area (Å²) in [6.45, 7) is 9.19. The van der Waals surface area contributed by atoms with Crippen molar-refractivity contribution in [1.82, 2.24) is 15.2 Å². The highest BCUT2D eigenvalue weighted by Gasteiger charge is 2.23. The first kappa shape index (κ1) is 20.8. The number of nitrogens with one attached hydrogen (secondary N) is 1. The Hall–Kier alpha value is -1.92. The molecular weight excluding hydrogens is 370 g/mol. The fourth-order valence-electron chi connectivity index (χ4n) is 3.61. The number of ether oxygens (including phenoxy) is 1. The molecule has 5 nitrogen and oxygen atoms in total. The quantitative estimate of drug-likeness (QED) is 0.760. The summed E-state index contributed by atoms with van der Waals surface area (Å²) in [7, 11) is 1.70. The molecule has 1 amide bonds. The van der Waals surface area contributed by atoms with Crippen molar-refractivity contribution in [2.75, 3.05) is 20.2 Å². The molecule has 0 radical (unpaired) electrons. The molecule has 1 fully saturated rings. The summed E-state index contributed by atoms with van der Waals surface area (Å²) in [4.78, 5) is 20.5. The summed E-state index contributed by atoms with van der Waals surface area (Å²) in [5.74, 6) is 1.49. The van der Waals surface area contributed by atoms with E-state index in [1.807, 2.05) is 19.1 Å². The molecule has 0 atom stereocenters. The van der Waals surface area contributed by atoms with Crippen LogP contribution in [0, 0.1) is 12.8 Å². The normalized spacial score (nSPS) is 15.8. The fourth-order valence-corrected chi connectivity index (χ4v) is 4.79. The number of nitrogens with zero attached hydrogens (tertiary/aromatic N) is 2. The van der Waals surface area contributed by atoms with Crippen LogP contribution in [-0.4, -0.2) is 42.0 Å². The molecule has 152 valence electrons. The highest BCUT2D eigenvalue weighted by Crippen LogP contribution is 2.22. The summed E-state index contributed by atoms with van der Waals surface area (Å²) in [6, 6.07) is 8.47. The molecule has 1 aliphatic heterocycles. The van der Waals surface area contributed by atoms with Crippen LogP contribution >= 0.6 is 11.3 Å². The Labute approximate surface area is 172 Å². The highest BCUT2D eigenvalue weighted by atomic mass is 32.1. The van der Waals surface area contributed by atoms with E-state index >= 15 is 0 Å². The predicted octanol–water partition coefficient (Wildman–Crippen LogP) is 4.05. The molecule has 1 aliphatic rings. The van der Waals surface area contributed by atoms with Crippen LogP contribution in [0.3, 0.4) is 0 Å². The van der Waals surface area contributed by atoms with Gasteiger partial charge < -0.3 is 10.1 Å². The number of rotatable bonds is 7. The number of aryl methyl sites for hydroxylation is 1. The molecule has 28 heavy (non-hydrogen) atoms. The first-order chi connectivity index (χ1) is 13.4. The Morgan fingerprint density at radius 1 is 1.36 bits per heavy atom.